The highest BCUT2D eigenvalue weighted by molar-refractivity contribution is 6.09. The third-order valence-electron chi connectivity index (χ3n) is 6.82. The summed E-state index contributed by atoms with van der Waals surface area (Å²) in [4.78, 5) is 35.9. The van der Waals surface area contributed by atoms with E-state index in [2.05, 4.69) is 17.1 Å². The summed E-state index contributed by atoms with van der Waals surface area (Å²) in [7, 11) is 0. The molecule has 0 spiro atoms. The molecule has 1 aliphatic carbocycles. The third kappa shape index (κ3) is 4.98. The fraction of sp³-hybridized carbons (Fsp3) is 0.267. The standard InChI is InChI=1S/C30H28N2O4/c1-20-27(30(34)36-17-16-35-24-10-6-3-7-11-24)28(22-12-14-31-15-13-22)29-25(32-20)18-23(19-26(29)33)21-8-4-2-5-9-21/h2-15,23,27-28H,16-19H2,1H3/t23-,27?,28+/m0/s1. The zero-order chi connectivity index (χ0) is 24.9. The SMILES string of the molecule is CC1=NC2=C(C(=O)C[C@@H](c3ccccc3)C2)[C@H](c2ccncc2)C1C(=O)OCCOc1ccccc1. The number of para-hydroxylation sites is 1. The molecule has 182 valence electrons. The molecule has 1 unspecified atom stereocenters. The van der Waals surface area contributed by atoms with Gasteiger partial charge in [-0.05, 0) is 54.7 Å². The number of ether oxygens (including phenoxy) is 2. The molecule has 0 amide bonds. The maximum absolute atomic E-state index is 13.6. The van der Waals surface area contributed by atoms with E-state index in [9.17, 15) is 9.59 Å². The Morgan fingerprint density at radius 3 is 2.31 bits per heavy atom. The molecule has 2 heterocycles. The van der Waals surface area contributed by atoms with Crippen molar-refractivity contribution >= 4 is 17.5 Å². The van der Waals surface area contributed by atoms with Crippen molar-refractivity contribution in [1.82, 2.24) is 4.98 Å². The van der Waals surface area contributed by atoms with E-state index in [1.54, 1.807) is 12.4 Å². The molecule has 0 fully saturated rings. The molecule has 1 aromatic heterocycles. The molecular weight excluding hydrogens is 452 g/mol. The molecule has 0 radical (unpaired) electrons. The molecule has 0 saturated carbocycles. The summed E-state index contributed by atoms with van der Waals surface area (Å²) in [6.45, 7) is 2.20. The lowest BCUT2D eigenvalue weighted by molar-refractivity contribution is -0.147. The zero-order valence-corrected chi connectivity index (χ0v) is 20.2. The first-order valence-electron chi connectivity index (χ1n) is 12.2. The Balaban J connectivity index is 1.39. The predicted octanol–water partition coefficient (Wildman–Crippen LogP) is 5.28. The lowest BCUT2D eigenvalue weighted by Gasteiger charge is -2.36. The number of benzene rings is 2. The van der Waals surface area contributed by atoms with Crippen LogP contribution in [0.3, 0.4) is 0 Å². The van der Waals surface area contributed by atoms with Crippen LogP contribution in [0, 0.1) is 5.92 Å². The van der Waals surface area contributed by atoms with Gasteiger partial charge in [0.15, 0.2) is 5.78 Å². The number of ketones is 1. The summed E-state index contributed by atoms with van der Waals surface area (Å²) in [6, 6.07) is 23.2. The molecule has 0 bridgehead atoms. The van der Waals surface area contributed by atoms with Gasteiger partial charge in [0.2, 0.25) is 0 Å². The Morgan fingerprint density at radius 1 is 0.889 bits per heavy atom. The van der Waals surface area contributed by atoms with Gasteiger partial charge in [-0.15, -0.1) is 0 Å². The number of hydrogen-bond acceptors (Lipinski definition) is 6. The van der Waals surface area contributed by atoms with Crippen LogP contribution in [0.4, 0.5) is 0 Å². The van der Waals surface area contributed by atoms with E-state index in [0.29, 0.717) is 29.9 Å². The van der Waals surface area contributed by atoms with E-state index < -0.39 is 17.8 Å². The van der Waals surface area contributed by atoms with Gasteiger partial charge in [-0.2, -0.15) is 0 Å². The summed E-state index contributed by atoms with van der Waals surface area (Å²) < 4.78 is 11.3. The summed E-state index contributed by atoms with van der Waals surface area (Å²) in [5.41, 5.74) is 4.05. The van der Waals surface area contributed by atoms with Crippen molar-refractivity contribution in [3.63, 3.8) is 0 Å². The molecule has 3 aromatic rings. The van der Waals surface area contributed by atoms with Gasteiger partial charge in [-0.25, -0.2) is 0 Å². The summed E-state index contributed by atoms with van der Waals surface area (Å²) in [5.74, 6) is -0.708. The quantitative estimate of drug-likeness (QED) is 0.340. The molecule has 6 nitrogen and oxygen atoms in total. The molecule has 0 N–H and O–H groups in total. The Bertz CT molecular complexity index is 1290. The largest absolute Gasteiger partial charge is 0.490 e. The van der Waals surface area contributed by atoms with Crippen molar-refractivity contribution in [2.24, 2.45) is 10.9 Å². The maximum atomic E-state index is 13.6. The Morgan fingerprint density at radius 2 is 1.58 bits per heavy atom. The maximum Gasteiger partial charge on any atom is 0.315 e. The molecule has 5 rings (SSSR count). The van der Waals surface area contributed by atoms with E-state index in [1.807, 2.05) is 67.6 Å². The predicted molar refractivity (Wildman–Crippen MR) is 137 cm³/mol. The van der Waals surface area contributed by atoms with E-state index in [4.69, 9.17) is 14.5 Å². The van der Waals surface area contributed by atoms with Crippen molar-refractivity contribution in [3.8, 4) is 5.75 Å². The van der Waals surface area contributed by atoms with Gasteiger partial charge in [0.1, 0.15) is 24.9 Å². The normalized spacial score (nSPS) is 21.4. The van der Waals surface area contributed by atoms with Gasteiger partial charge in [-0.3, -0.25) is 19.6 Å². The van der Waals surface area contributed by atoms with E-state index in [1.165, 1.54) is 0 Å². The molecule has 0 saturated heterocycles. The number of Topliss-reactive ketones (excluding diaryl/α,β-unsaturated/α-hetero) is 1. The van der Waals surface area contributed by atoms with Crippen molar-refractivity contribution in [3.05, 3.63) is 108 Å². The van der Waals surface area contributed by atoms with Gasteiger partial charge in [-0.1, -0.05) is 48.5 Å². The van der Waals surface area contributed by atoms with E-state index in [0.717, 1.165) is 16.8 Å². The molecule has 1 aliphatic heterocycles. The van der Waals surface area contributed by atoms with Crippen LogP contribution in [0.15, 0.2) is 101 Å². The van der Waals surface area contributed by atoms with E-state index in [-0.39, 0.29) is 24.9 Å². The van der Waals surface area contributed by atoms with Crippen LogP contribution in [-0.2, 0) is 14.3 Å². The number of aromatic nitrogens is 1. The van der Waals surface area contributed by atoms with Gasteiger partial charge in [0.05, 0.1) is 0 Å². The van der Waals surface area contributed by atoms with Gasteiger partial charge >= 0.3 is 5.97 Å². The van der Waals surface area contributed by atoms with Crippen LogP contribution in [0.2, 0.25) is 0 Å². The van der Waals surface area contributed by atoms with Crippen molar-refractivity contribution < 1.29 is 19.1 Å². The second kappa shape index (κ2) is 10.7. The average Bonchev–Trinajstić information content (AvgIpc) is 2.91. The number of carbonyl (C=O) groups excluding carboxylic acids is 2. The monoisotopic (exact) mass is 480 g/mol. The van der Waals surface area contributed by atoms with Crippen molar-refractivity contribution in [2.75, 3.05) is 13.2 Å². The number of hydrogen-bond donors (Lipinski definition) is 0. The van der Waals surface area contributed by atoms with Crippen LogP contribution in [0.1, 0.15) is 42.7 Å². The van der Waals surface area contributed by atoms with E-state index >= 15 is 0 Å². The second-order valence-corrected chi connectivity index (χ2v) is 9.12. The molecule has 3 atom stereocenters. The fourth-order valence-electron chi connectivity index (χ4n) is 5.17. The minimum atomic E-state index is -0.680. The minimum absolute atomic E-state index is 0.0355. The van der Waals surface area contributed by atoms with Crippen LogP contribution in [-0.4, -0.2) is 35.7 Å². The third-order valence-corrected chi connectivity index (χ3v) is 6.82. The van der Waals surface area contributed by atoms with Gasteiger partial charge in [0.25, 0.3) is 0 Å². The second-order valence-electron chi connectivity index (χ2n) is 9.12. The van der Waals surface area contributed by atoms with Crippen LogP contribution in [0.25, 0.3) is 0 Å². The molecular formula is C30H28N2O4. The van der Waals surface area contributed by atoms with Crippen LogP contribution < -0.4 is 4.74 Å². The highest BCUT2D eigenvalue weighted by Crippen LogP contribution is 2.46. The molecule has 36 heavy (non-hydrogen) atoms. The number of pyridine rings is 1. The number of allylic oxidation sites excluding steroid dienone is 2. The number of nitrogens with zero attached hydrogens (tertiary/aromatic N) is 2. The Labute approximate surface area is 210 Å². The Hall–Kier alpha value is -4.06. The molecule has 2 aromatic carbocycles. The number of carbonyl (C=O) groups is 2. The highest BCUT2D eigenvalue weighted by Gasteiger charge is 2.44. The zero-order valence-electron chi connectivity index (χ0n) is 20.2. The first-order chi connectivity index (χ1) is 17.6. The Kier molecular flexibility index (Phi) is 7.03. The lowest BCUT2D eigenvalue weighted by Crippen LogP contribution is -2.38. The topological polar surface area (TPSA) is 77.9 Å². The fourth-order valence-corrected chi connectivity index (χ4v) is 5.17. The van der Waals surface area contributed by atoms with Crippen molar-refractivity contribution in [1.29, 1.82) is 0 Å². The highest BCUT2D eigenvalue weighted by atomic mass is 16.6. The minimum Gasteiger partial charge on any atom is -0.490 e. The summed E-state index contributed by atoms with van der Waals surface area (Å²) in [5, 5.41) is 0. The molecule has 2 aliphatic rings. The first-order valence-corrected chi connectivity index (χ1v) is 12.2. The number of esters is 1. The van der Waals surface area contributed by atoms with Crippen LogP contribution >= 0.6 is 0 Å². The number of aliphatic imine (C=N–C) groups is 1. The average molecular weight is 481 g/mol. The first kappa shape index (κ1) is 23.7. The number of rotatable bonds is 7. The lowest BCUT2D eigenvalue weighted by atomic mass is 9.69. The van der Waals surface area contributed by atoms with Gasteiger partial charge in [0, 0.05) is 41.7 Å². The van der Waals surface area contributed by atoms with Crippen LogP contribution in [0.5, 0.6) is 5.75 Å². The van der Waals surface area contributed by atoms with Gasteiger partial charge < -0.3 is 9.47 Å². The summed E-state index contributed by atoms with van der Waals surface area (Å²) in [6.07, 6.45) is 4.43. The molecule has 6 heteroatoms. The smallest absolute Gasteiger partial charge is 0.315 e. The summed E-state index contributed by atoms with van der Waals surface area (Å²) >= 11 is 0. The van der Waals surface area contributed by atoms with Crippen molar-refractivity contribution in [2.45, 2.75) is 31.6 Å².